The van der Waals surface area contributed by atoms with Crippen molar-refractivity contribution in [3.05, 3.63) is 28.3 Å². The van der Waals surface area contributed by atoms with Crippen molar-refractivity contribution >= 4 is 11.3 Å². The predicted molar refractivity (Wildman–Crippen MR) is 73.5 cm³/mol. The molecule has 2 N–H and O–H groups in total. The summed E-state index contributed by atoms with van der Waals surface area (Å²) < 4.78 is 5.61. The highest BCUT2D eigenvalue weighted by atomic mass is 32.1. The van der Waals surface area contributed by atoms with Gasteiger partial charge in [-0.3, -0.25) is 0 Å². The number of nitrogens with zero attached hydrogens (tertiary/aromatic N) is 1. The van der Waals surface area contributed by atoms with Crippen molar-refractivity contribution in [2.24, 2.45) is 5.73 Å². The number of nitrogens with two attached hydrogens (primary N) is 1. The molecule has 0 radical (unpaired) electrons. The quantitative estimate of drug-likeness (QED) is 0.894. The molecule has 18 heavy (non-hydrogen) atoms. The highest BCUT2D eigenvalue weighted by Crippen LogP contribution is 2.37. The van der Waals surface area contributed by atoms with Crippen molar-refractivity contribution in [3.63, 3.8) is 0 Å². The molecule has 2 aromatic heterocycles. The highest BCUT2D eigenvalue weighted by molar-refractivity contribution is 7.10. The maximum Gasteiger partial charge on any atom is 0.153 e. The Balaban J connectivity index is 1.89. The van der Waals surface area contributed by atoms with Crippen LogP contribution in [0.15, 0.2) is 21.9 Å². The Morgan fingerprint density at radius 2 is 2.06 bits per heavy atom. The van der Waals surface area contributed by atoms with Crippen LogP contribution < -0.4 is 5.73 Å². The third-order valence-corrected chi connectivity index (χ3v) is 4.73. The van der Waals surface area contributed by atoms with Crippen LogP contribution in [0.2, 0.25) is 0 Å². The summed E-state index contributed by atoms with van der Waals surface area (Å²) in [6.07, 6.45) is 5.83. The first-order valence-corrected chi connectivity index (χ1v) is 7.37. The van der Waals surface area contributed by atoms with E-state index in [1.807, 2.05) is 19.1 Å². The fourth-order valence-electron chi connectivity index (χ4n) is 2.58. The van der Waals surface area contributed by atoms with E-state index >= 15 is 0 Å². The van der Waals surface area contributed by atoms with Crippen LogP contribution in [0, 0.1) is 6.92 Å². The zero-order chi connectivity index (χ0) is 12.6. The number of aromatic nitrogens is 1. The molecule has 0 spiro atoms. The monoisotopic (exact) mass is 262 g/mol. The van der Waals surface area contributed by atoms with Crippen LogP contribution in [0.4, 0.5) is 0 Å². The lowest BCUT2D eigenvalue weighted by molar-refractivity contribution is 0.301. The van der Waals surface area contributed by atoms with Gasteiger partial charge in [-0.25, -0.2) is 4.98 Å². The number of hydrogen-bond donors (Lipinski definition) is 1. The summed E-state index contributed by atoms with van der Waals surface area (Å²) in [6.45, 7) is 1.95. The molecule has 1 aliphatic carbocycles. The molecule has 3 nitrogen and oxygen atoms in total. The van der Waals surface area contributed by atoms with Crippen molar-refractivity contribution in [1.82, 2.24) is 4.98 Å². The first kappa shape index (κ1) is 11.9. The van der Waals surface area contributed by atoms with Gasteiger partial charge in [-0.05, 0) is 31.9 Å². The zero-order valence-corrected chi connectivity index (χ0v) is 11.4. The van der Waals surface area contributed by atoms with E-state index < -0.39 is 0 Å². The van der Waals surface area contributed by atoms with Gasteiger partial charge in [-0.2, -0.15) is 0 Å². The molecule has 1 fully saturated rings. The number of furan rings is 1. The second-order valence-corrected chi connectivity index (χ2v) is 6.02. The highest BCUT2D eigenvalue weighted by Gasteiger charge is 2.32. The molecule has 2 heterocycles. The maximum atomic E-state index is 6.49. The molecule has 0 aliphatic heterocycles. The van der Waals surface area contributed by atoms with Gasteiger partial charge >= 0.3 is 0 Å². The van der Waals surface area contributed by atoms with Crippen molar-refractivity contribution < 1.29 is 4.42 Å². The largest absolute Gasteiger partial charge is 0.460 e. The molecule has 4 heteroatoms. The van der Waals surface area contributed by atoms with E-state index in [2.05, 4.69) is 10.4 Å². The summed E-state index contributed by atoms with van der Waals surface area (Å²) in [4.78, 5) is 4.69. The number of aryl methyl sites for hydroxylation is 1. The average Bonchev–Trinajstić information content (AvgIpc) is 2.98. The Hall–Kier alpha value is -1.13. The standard InChI is InChI=1S/C14H18N2OS/c1-10-5-6-12(17-10)11-9-18-13(16-11)14(15)7-3-2-4-8-14/h5-6,9H,2-4,7-8,15H2,1H3. The second-order valence-electron chi connectivity index (χ2n) is 5.16. The van der Waals surface area contributed by atoms with Crippen LogP contribution in [0.25, 0.3) is 11.5 Å². The topological polar surface area (TPSA) is 52.0 Å². The molecule has 0 aromatic carbocycles. The van der Waals surface area contributed by atoms with Gasteiger partial charge in [0.2, 0.25) is 0 Å². The minimum Gasteiger partial charge on any atom is -0.460 e. The van der Waals surface area contributed by atoms with E-state index in [9.17, 15) is 0 Å². The molecule has 3 rings (SSSR count). The minimum atomic E-state index is -0.206. The summed E-state index contributed by atoms with van der Waals surface area (Å²) in [5, 5.41) is 3.11. The van der Waals surface area contributed by atoms with Crippen molar-refractivity contribution in [2.45, 2.75) is 44.6 Å². The van der Waals surface area contributed by atoms with Gasteiger partial charge in [-0.1, -0.05) is 19.3 Å². The molecule has 96 valence electrons. The summed E-state index contributed by atoms with van der Waals surface area (Å²) >= 11 is 1.66. The van der Waals surface area contributed by atoms with Gasteiger partial charge in [0.05, 0.1) is 5.54 Å². The van der Waals surface area contributed by atoms with Crippen LogP contribution in [-0.4, -0.2) is 4.98 Å². The fourth-order valence-corrected chi connectivity index (χ4v) is 3.57. The molecule has 0 bridgehead atoms. The number of thiazole rings is 1. The lowest BCUT2D eigenvalue weighted by atomic mass is 9.83. The molecule has 0 unspecified atom stereocenters. The van der Waals surface area contributed by atoms with Crippen LogP contribution in [0.5, 0.6) is 0 Å². The number of rotatable bonds is 2. The Labute approximate surface area is 111 Å². The lowest BCUT2D eigenvalue weighted by Gasteiger charge is -2.31. The summed E-state index contributed by atoms with van der Waals surface area (Å²) in [7, 11) is 0. The lowest BCUT2D eigenvalue weighted by Crippen LogP contribution is -2.38. The van der Waals surface area contributed by atoms with Crippen LogP contribution >= 0.6 is 11.3 Å². The van der Waals surface area contributed by atoms with Gasteiger partial charge in [0.25, 0.3) is 0 Å². The molecule has 0 amide bonds. The molecule has 0 saturated heterocycles. The van der Waals surface area contributed by atoms with E-state index in [1.165, 1.54) is 19.3 Å². The van der Waals surface area contributed by atoms with E-state index in [1.54, 1.807) is 11.3 Å². The van der Waals surface area contributed by atoms with E-state index in [4.69, 9.17) is 10.2 Å². The molecule has 1 aliphatic rings. The Morgan fingerprint density at radius 3 is 2.72 bits per heavy atom. The minimum absolute atomic E-state index is 0.206. The third-order valence-electron chi connectivity index (χ3n) is 3.67. The van der Waals surface area contributed by atoms with Crippen molar-refractivity contribution in [1.29, 1.82) is 0 Å². The van der Waals surface area contributed by atoms with Crippen LogP contribution in [-0.2, 0) is 5.54 Å². The molecular weight excluding hydrogens is 244 g/mol. The zero-order valence-electron chi connectivity index (χ0n) is 10.6. The van der Waals surface area contributed by atoms with Crippen LogP contribution in [0.1, 0.15) is 42.9 Å². The predicted octanol–water partition coefficient (Wildman–Crippen LogP) is 3.83. The Morgan fingerprint density at radius 1 is 1.28 bits per heavy atom. The summed E-state index contributed by atoms with van der Waals surface area (Å²) in [5.41, 5.74) is 7.20. The first-order valence-electron chi connectivity index (χ1n) is 6.49. The number of hydrogen-bond acceptors (Lipinski definition) is 4. The third kappa shape index (κ3) is 2.10. The fraction of sp³-hybridized carbons (Fsp3) is 0.500. The normalized spacial score (nSPS) is 19.0. The Kier molecular flexibility index (Phi) is 2.99. The average molecular weight is 262 g/mol. The smallest absolute Gasteiger partial charge is 0.153 e. The van der Waals surface area contributed by atoms with Crippen molar-refractivity contribution in [2.75, 3.05) is 0 Å². The van der Waals surface area contributed by atoms with Gasteiger partial charge < -0.3 is 10.2 Å². The van der Waals surface area contributed by atoms with Gasteiger partial charge in [0, 0.05) is 5.38 Å². The SMILES string of the molecule is Cc1ccc(-c2csc(C3(N)CCCCC3)n2)o1. The first-order chi connectivity index (χ1) is 8.67. The second kappa shape index (κ2) is 4.52. The molecule has 1 saturated carbocycles. The summed E-state index contributed by atoms with van der Waals surface area (Å²) in [6, 6.07) is 3.94. The summed E-state index contributed by atoms with van der Waals surface area (Å²) in [5.74, 6) is 1.76. The molecule has 2 aromatic rings. The van der Waals surface area contributed by atoms with E-state index in [0.29, 0.717) is 0 Å². The van der Waals surface area contributed by atoms with E-state index in [-0.39, 0.29) is 5.54 Å². The molecule has 0 atom stereocenters. The maximum absolute atomic E-state index is 6.49. The molecular formula is C14H18N2OS. The van der Waals surface area contributed by atoms with Gasteiger partial charge in [-0.15, -0.1) is 11.3 Å². The van der Waals surface area contributed by atoms with Crippen LogP contribution in [0.3, 0.4) is 0 Å². The Bertz CT molecular complexity index is 537. The van der Waals surface area contributed by atoms with E-state index in [0.717, 1.165) is 35.1 Å². The van der Waals surface area contributed by atoms with Crippen molar-refractivity contribution in [3.8, 4) is 11.5 Å². The van der Waals surface area contributed by atoms with Gasteiger partial charge in [0.1, 0.15) is 16.5 Å². The van der Waals surface area contributed by atoms with Gasteiger partial charge in [0.15, 0.2) is 5.76 Å².